The van der Waals surface area contributed by atoms with Gasteiger partial charge in [-0.2, -0.15) is 0 Å². The SMILES string of the molecule is CCOCCC(=O)N1CCc2c(N)cccc21. The van der Waals surface area contributed by atoms with E-state index in [4.69, 9.17) is 10.5 Å². The first-order valence-corrected chi connectivity index (χ1v) is 5.99. The molecule has 1 heterocycles. The number of fused-ring (bicyclic) bond motifs is 1. The second-order valence-electron chi connectivity index (χ2n) is 4.09. The average molecular weight is 234 g/mol. The van der Waals surface area contributed by atoms with Crippen LogP contribution >= 0.6 is 0 Å². The van der Waals surface area contributed by atoms with E-state index >= 15 is 0 Å². The first-order valence-electron chi connectivity index (χ1n) is 5.99. The molecule has 0 saturated heterocycles. The molecule has 0 aromatic heterocycles. The summed E-state index contributed by atoms with van der Waals surface area (Å²) in [5, 5.41) is 0. The van der Waals surface area contributed by atoms with Gasteiger partial charge in [-0.1, -0.05) is 6.07 Å². The monoisotopic (exact) mass is 234 g/mol. The second kappa shape index (κ2) is 5.19. The molecular formula is C13H18N2O2. The van der Waals surface area contributed by atoms with Crippen LogP contribution in [0.4, 0.5) is 11.4 Å². The summed E-state index contributed by atoms with van der Waals surface area (Å²) in [5.74, 6) is 0.114. The zero-order valence-electron chi connectivity index (χ0n) is 10.1. The maximum absolute atomic E-state index is 12.0. The molecule has 0 aliphatic carbocycles. The molecule has 2 N–H and O–H groups in total. The molecule has 4 nitrogen and oxygen atoms in total. The molecule has 0 atom stereocenters. The highest BCUT2D eigenvalue weighted by Crippen LogP contribution is 2.32. The van der Waals surface area contributed by atoms with E-state index in [2.05, 4.69) is 0 Å². The molecule has 2 rings (SSSR count). The van der Waals surface area contributed by atoms with Gasteiger partial charge in [0.25, 0.3) is 0 Å². The highest BCUT2D eigenvalue weighted by atomic mass is 16.5. The van der Waals surface area contributed by atoms with Gasteiger partial charge in [-0.05, 0) is 25.5 Å². The summed E-state index contributed by atoms with van der Waals surface area (Å²) in [6, 6.07) is 5.73. The molecular weight excluding hydrogens is 216 g/mol. The quantitative estimate of drug-likeness (QED) is 0.635. The lowest BCUT2D eigenvalue weighted by Crippen LogP contribution is -2.29. The Balaban J connectivity index is 2.06. The molecule has 0 radical (unpaired) electrons. The molecule has 1 aromatic carbocycles. The van der Waals surface area contributed by atoms with Crippen LogP contribution in [-0.2, 0) is 16.0 Å². The Labute approximate surface area is 101 Å². The van der Waals surface area contributed by atoms with Crippen molar-refractivity contribution in [3.63, 3.8) is 0 Å². The number of anilines is 2. The van der Waals surface area contributed by atoms with Crippen molar-refractivity contribution < 1.29 is 9.53 Å². The van der Waals surface area contributed by atoms with Crippen LogP contribution in [0.2, 0.25) is 0 Å². The maximum atomic E-state index is 12.0. The first kappa shape index (κ1) is 11.9. The fourth-order valence-electron chi connectivity index (χ4n) is 2.16. The molecule has 0 unspecified atom stereocenters. The lowest BCUT2D eigenvalue weighted by atomic mass is 10.1. The highest BCUT2D eigenvalue weighted by Gasteiger charge is 2.25. The van der Waals surface area contributed by atoms with Crippen molar-refractivity contribution >= 4 is 17.3 Å². The van der Waals surface area contributed by atoms with Crippen LogP contribution < -0.4 is 10.6 Å². The number of ether oxygens (including phenoxy) is 1. The number of nitrogens with zero attached hydrogens (tertiary/aromatic N) is 1. The Morgan fingerprint density at radius 2 is 2.35 bits per heavy atom. The molecule has 17 heavy (non-hydrogen) atoms. The lowest BCUT2D eigenvalue weighted by Gasteiger charge is -2.17. The molecule has 4 heteroatoms. The van der Waals surface area contributed by atoms with E-state index in [-0.39, 0.29) is 5.91 Å². The fourth-order valence-corrected chi connectivity index (χ4v) is 2.16. The topological polar surface area (TPSA) is 55.6 Å². The summed E-state index contributed by atoms with van der Waals surface area (Å²) in [6.45, 7) is 3.80. The summed E-state index contributed by atoms with van der Waals surface area (Å²) in [6.07, 6.45) is 1.28. The third kappa shape index (κ3) is 2.42. The zero-order valence-corrected chi connectivity index (χ0v) is 10.1. The van der Waals surface area contributed by atoms with Gasteiger partial charge >= 0.3 is 0 Å². The van der Waals surface area contributed by atoms with E-state index in [0.29, 0.717) is 19.6 Å². The fraction of sp³-hybridized carbons (Fsp3) is 0.462. The molecule has 1 amide bonds. The molecule has 1 aromatic rings. The van der Waals surface area contributed by atoms with Crippen molar-refractivity contribution in [3.8, 4) is 0 Å². The highest BCUT2D eigenvalue weighted by molar-refractivity contribution is 5.96. The number of benzene rings is 1. The van der Waals surface area contributed by atoms with Gasteiger partial charge in [0.15, 0.2) is 0 Å². The minimum atomic E-state index is 0.114. The minimum Gasteiger partial charge on any atom is -0.398 e. The number of nitrogens with two attached hydrogens (primary N) is 1. The third-order valence-electron chi connectivity index (χ3n) is 3.03. The van der Waals surface area contributed by atoms with Crippen molar-refractivity contribution in [3.05, 3.63) is 23.8 Å². The summed E-state index contributed by atoms with van der Waals surface area (Å²) < 4.78 is 5.20. The number of amides is 1. The van der Waals surface area contributed by atoms with Crippen LogP contribution in [0.5, 0.6) is 0 Å². The van der Waals surface area contributed by atoms with Gasteiger partial charge in [0.2, 0.25) is 5.91 Å². The van der Waals surface area contributed by atoms with Crippen molar-refractivity contribution in [2.45, 2.75) is 19.8 Å². The van der Waals surface area contributed by atoms with Gasteiger partial charge in [0.1, 0.15) is 0 Å². The van der Waals surface area contributed by atoms with Gasteiger partial charge in [-0.25, -0.2) is 0 Å². The number of rotatable bonds is 4. The summed E-state index contributed by atoms with van der Waals surface area (Å²) >= 11 is 0. The Morgan fingerprint density at radius 1 is 1.53 bits per heavy atom. The number of carbonyl (C=O) groups is 1. The summed E-state index contributed by atoms with van der Waals surface area (Å²) in [5.41, 5.74) is 8.73. The predicted molar refractivity (Wildman–Crippen MR) is 68.0 cm³/mol. The van der Waals surface area contributed by atoms with Crippen LogP contribution in [0.3, 0.4) is 0 Å². The smallest absolute Gasteiger partial charge is 0.229 e. The molecule has 0 saturated carbocycles. The van der Waals surface area contributed by atoms with E-state index < -0.39 is 0 Å². The Bertz CT molecular complexity index is 418. The normalized spacial score (nSPS) is 13.8. The van der Waals surface area contributed by atoms with Crippen molar-refractivity contribution in [1.29, 1.82) is 0 Å². The van der Waals surface area contributed by atoms with E-state index in [1.54, 1.807) is 0 Å². The Morgan fingerprint density at radius 3 is 3.12 bits per heavy atom. The van der Waals surface area contributed by atoms with Gasteiger partial charge in [-0.3, -0.25) is 4.79 Å². The molecule has 1 aliphatic rings. The molecule has 92 valence electrons. The number of carbonyl (C=O) groups excluding carboxylic acids is 1. The Kier molecular flexibility index (Phi) is 3.64. The van der Waals surface area contributed by atoms with Gasteiger partial charge in [0, 0.05) is 30.1 Å². The minimum absolute atomic E-state index is 0.114. The van der Waals surface area contributed by atoms with E-state index in [1.165, 1.54) is 0 Å². The third-order valence-corrected chi connectivity index (χ3v) is 3.03. The van der Waals surface area contributed by atoms with Gasteiger partial charge in [0.05, 0.1) is 13.0 Å². The standard InChI is InChI=1S/C13H18N2O2/c1-2-17-9-7-13(16)15-8-6-10-11(14)4-3-5-12(10)15/h3-5H,2,6-9,14H2,1H3. The van der Waals surface area contributed by atoms with Crippen LogP contribution in [0.1, 0.15) is 18.9 Å². The van der Waals surface area contributed by atoms with Crippen molar-refractivity contribution in [2.75, 3.05) is 30.4 Å². The lowest BCUT2D eigenvalue weighted by molar-refractivity contribution is -0.119. The van der Waals surface area contributed by atoms with Gasteiger partial charge in [-0.15, -0.1) is 0 Å². The molecule has 0 bridgehead atoms. The van der Waals surface area contributed by atoms with Crippen LogP contribution in [0.15, 0.2) is 18.2 Å². The summed E-state index contributed by atoms with van der Waals surface area (Å²) in [4.78, 5) is 13.8. The first-order chi connectivity index (χ1) is 8.24. The van der Waals surface area contributed by atoms with Crippen molar-refractivity contribution in [1.82, 2.24) is 0 Å². The Hall–Kier alpha value is -1.55. The molecule has 0 spiro atoms. The zero-order chi connectivity index (χ0) is 12.3. The number of hydrogen-bond donors (Lipinski definition) is 1. The molecule has 1 aliphatic heterocycles. The van der Waals surface area contributed by atoms with Crippen LogP contribution in [0.25, 0.3) is 0 Å². The van der Waals surface area contributed by atoms with Crippen LogP contribution in [0, 0.1) is 0 Å². The van der Waals surface area contributed by atoms with Gasteiger partial charge < -0.3 is 15.4 Å². The van der Waals surface area contributed by atoms with Crippen molar-refractivity contribution in [2.24, 2.45) is 0 Å². The number of nitrogen functional groups attached to an aromatic ring is 1. The number of hydrogen-bond acceptors (Lipinski definition) is 3. The average Bonchev–Trinajstić information content (AvgIpc) is 2.74. The van der Waals surface area contributed by atoms with Crippen LogP contribution in [-0.4, -0.2) is 25.7 Å². The molecule has 0 fully saturated rings. The van der Waals surface area contributed by atoms with E-state index in [0.717, 1.165) is 29.9 Å². The summed E-state index contributed by atoms with van der Waals surface area (Å²) in [7, 11) is 0. The largest absolute Gasteiger partial charge is 0.398 e. The second-order valence-corrected chi connectivity index (χ2v) is 4.09. The van der Waals surface area contributed by atoms with E-state index in [9.17, 15) is 4.79 Å². The maximum Gasteiger partial charge on any atom is 0.229 e. The van der Waals surface area contributed by atoms with E-state index in [1.807, 2.05) is 30.0 Å². The predicted octanol–water partition coefficient (Wildman–Crippen LogP) is 1.58.